The highest BCUT2D eigenvalue weighted by molar-refractivity contribution is 7.99. The molecular weight excluding hydrogens is 268 g/mol. The lowest BCUT2D eigenvalue weighted by Gasteiger charge is -2.20. The summed E-state index contributed by atoms with van der Waals surface area (Å²) >= 11 is 7.80. The van der Waals surface area contributed by atoms with Crippen molar-refractivity contribution in [1.29, 1.82) is 0 Å². The highest BCUT2D eigenvalue weighted by atomic mass is 35.5. The molecule has 0 atom stereocenters. The van der Waals surface area contributed by atoms with Crippen LogP contribution in [0.1, 0.15) is 19.3 Å². The molecule has 0 bridgehead atoms. The predicted octanol–water partition coefficient (Wildman–Crippen LogP) is 3.39. The first-order valence-corrected chi connectivity index (χ1v) is 7.61. The number of anilines is 2. The second-order valence-corrected chi connectivity index (χ2v) is 6.18. The van der Waals surface area contributed by atoms with Crippen molar-refractivity contribution in [3.05, 3.63) is 23.2 Å². The standard InChI is InChI=1S/C13H17ClN2OS/c14-11-2-1-10(8-12(11)15)16-13(17)7-9-3-5-18-6-4-9/h1-2,8-9H,3-7,15H2,(H,16,17). The molecule has 2 rings (SSSR count). The molecule has 1 fully saturated rings. The van der Waals surface area contributed by atoms with Gasteiger partial charge in [0.05, 0.1) is 10.7 Å². The van der Waals surface area contributed by atoms with Gasteiger partial charge in [-0.05, 0) is 48.5 Å². The van der Waals surface area contributed by atoms with E-state index < -0.39 is 0 Å². The van der Waals surface area contributed by atoms with Gasteiger partial charge in [0.2, 0.25) is 5.91 Å². The van der Waals surface area contributed by atoms with Crippen LogP contribution in [0.4, 0.5) is 11.4 Å². The molecule has 98 valence electrons. The summed E-state index contributed by atoms with van der Waals surface area (Å²) in [7, 11) is 0. The Hall–Kier alpha value is -0.870. The Morgan fingerprint density at radius 2 is 2.17 bits per heavy atom. The summed E-state index contributed by atoms with van der Waals surface area (Å²) in [6, 6.07) is 5.16. The molecule has 1 aliphatic rings. The van der Waals surface area contributed by atoms with Crippen LogP contribution in [0.2, 0.25) is 5.02 Å². The van der Waals surface area contributed by atoms with Crippen molar-refractivity contribution in [1.82, 2.24) is 0 Å². The van der Waals surface area contributed by atoms with Gasteiger partial charge in [-0.2, -0.15) is 11.8 Å². The van der Waals surface area contributed by atoms with E-state index in [0.29, 0.717) is 28.7 Å². The molecular formula is C13H17ClN2OS. The number of benzene rings is 1. The zero-order chi connectivity index (χ0) is 13.0. The molecule has 1 heterocycles. The summed E-state index contributed by atoms with van der Waals surface area (Å²) in [5, 5.41) is 3.38. The molecule has 0 saturated carbocycles. The Kier molecular flexibility index (Phi) is 4.78. The van der Waals surface area contributed by atoms with E-state index in [2.05, 4.69) is 5.32 Å². The molecule has 1 saturated heterocycles. The lowest BCUT2D eigenvalue weighted by molar-refractivity contribution is -0.117. The molecule has 3 nitrogen and oxygen atoms in total. The maximum atomic E-state index is 11.9. The molecule has 0 aliphatic carbocycles. The Bertz CT molecular complexity index is 433. The van der Waals surface area contributed by atoms with Gasteiger partial charge in [-0.1, -0.05) is 11.6 Å². The fraction of sp³-hybridized carbons (Fsp3) is 0.462. The zero-order valence-electron chi connectivity index (χ0n) is 10.1. The number of halogens is 1. The summed E-state index contributed by atoms with van der Waals surface area (Å²) in [6.07, 6.45) is 2.88. The molecule has 18 heavy (non-hydrogen) atoms. The summed E-state index contributed by atoms with van der Waals surface area (Å²) in [5.74, 6) is 2.93. The normalized spacial score (nSPS) is 16.5. The summed E-state index contributed by atoms with van der Waals surface area (Å²) in [6.45, 7) is 0. The lowest BCUT2D eigenvalue weighted by Crippen LogP contribution is -2.19. The van der Waals surface area contributed by atoms with E-state index in [-0.39, 0.29) is 5.91 Å². The number of carbonyl (C=O) groups is 1. The second kappa shape index (κ2) is 6.34. The van der Waals surface area contributed by atoms with Crippen molar-refractivity contribution < 1.29 is 4.79 Å². The van der Waals surface area contributed by atoms with Crippen molar-refractivity contribution in [2.75, 3.05) is 22.6 Å². The first-order valence-electron chi connectivity index (χ1n) is 6.08. The van der Waals surface area contributed by atoms with E-state index in [0.717, 1.165) is 12.8 Å². The third-order valence-electron chi connectivity index (χ3n) is 3.09. The van der Waals surface area contributed by atoms with E-state index in [9.17, 15) is 4.79 Å². The number of rotatable bonds is 3. The van der Waals surface area contributed by atoms with Gasteiger partial charge in [0.25, 0.3) is 0 Å². The van der Waals surface area contributed by atoms with Crippen molar-refractivity contribution in [3.63, 3.8) is 0 Å². The average Bonchev–Trinajstić information content (AvgIpc) is 2.35. The first kappa shape index (κ1) is 13.6. The fourth-order valence-electron chi connectivity index (χ4n) is 2.05. The quantitative estimate of drug-likeness (QED) is 0.837. The number of nitrogen functional groups attached to an aromatic ring is 1. The molecule has 0 aromatic heterocycles. The van der Waals surface area contributed by atoms with Crippen LogP contribution < -0.4 is 11.1 Å². The molecule has 0 radical (unpaired) electrons. The molecule has 1 aromatic carbocycles. The minimum Gasteiger partial charge on any atom is -0.397 e. The average molecular weight is 285 g/mol. The molecule has 0 spiro atoms. The van der Waals surface area contributed by atoms with E-state index >= 15 is 0 Å². The van der Waals surface area contributed by atoms with E-state index in [4.69, 9.17) is 17.3 Å². The largest absolute Gasteiger partial charge is 0.397 e. The fourth-order valence-corrected chi connectivity index (χ4v) is 3.37. The number of amides is 1. The van der Waals surface area contributed by atoms with Crippen LogP contribution in [0.3, 0.4) is 0 Å². The monoisotopic (exact) mass is 284 g/mol. The Balaban J connectivity index is 1.88. The number of carbonyl (C=O) groups excluding carboxylic acids is 1. The van der Waals surface area contributed by atoms with Crippen molar-refractivity contribution in [3.8, 4) is 0 Å². The number of hydrogen-bond acceptors (Lipinski definition) is 3. The minimum absolute atomic E-state index is 0.0635. The van der Waals surface area contributed by atoms with Gasteiger partial charge < -0.3 is 11.1 Å². The van der Waals surface area contributed by atoms with Crippen molar-refractivity contribution in [2.45, 2.75) is 19.3 Å². The van der Waals surface area contributed by atoms with Gasteiger partial charge >= 0.3 is 0 Å². The van der Waals surface area contributed by atoms with Crippen molar-refractivity contribution in [2.24, 2.45) is 5.92 Å². The minimum atomic E-state index is 0.0635. The summed E-state index contributed by atoms with van der Waals surface area (Å²) < 4.78 is 0. The maximum absolute atomic E-state index is 11.9. The van der Waals surface area contributed by atoms with Crippen LogP contribution >= 0.6 is 23.4 Å². The highest BCUT2D eigenvalue weighted by Gasteiger charge is 2.17. The van der Waals surface area contributed by atoms with Gasteiger partial charge in [-0.15, -0.1) is 0 Å². The molecule has 3 N–H and O–H groups in total. The van der Waals surface area contributed by atoms with Gasteiger partial charge in [-0.3, -0.25) is 4.79 Å². The molecule has 1 amide bonds. The number of nitrogens with two attached hydrogens (primary N) is 1. The highest BCUT2D eigenvalue weighted by Crippen LogP contribution is 2.26. The summed E-state index contributed by atoms with van der Waals surface area (Å²) in [5.41, 5.74) is 6.90. The first-order chi connectivity index (χ1) is 8.65. The molecule has 5 heteroatoms. The zero-order valence-corrected chi connectivity index (χ0v) is 11.7. The Morgan fingerprint density at radius 1 is 1.44 bits per heavy atom. The van der Waals surface area contributed by atoms with Crippen LogP contribution in [-0.2, 0) is 4.79 Å². The topological polar surface area (TPSA) is 55.1 Å². The van der Waals surface area contributed by atoms with E-state index in [1.165, 1.54) is 11.5 Å². The SMILES string of the molecule is Nc1cc(NC(=O)CC2CCSCC2)ccc1Cl. The predicted molar refractivity (Wildman–Crippen MR) is 79.2 cm³/mol. The molecule has 1 aliphatic heterocycles. The van der Waals surface area contributed by atoms with Gasteiger partial charge in [0.1, 0.15) is 0 Å². The second-order valence-electron chi connectivity index (χ2n) is 4.54. The number of thioether (sulfide) groups is 1. The summed E-state index contributed by atoms with van der Waals surface area (Å²) in [4.78, 5) is 11.9. The van der Waals surface area contributed by atoms with Gasteiger partial charge in [0.15, 0.2) is 0 Å². The van der Waals surface area contributed by atoms with Gasteiger partial charge in [0, 0.05) is 12.1 Å². The van der Waals surface area contributed by atoms with Crippen LogP contribution in [0, 0.1) is 5.92 Å². The number of nitrogens with one attached hydrogen (secondary N) is 1. The third-order valence-corrected chi connectivity index (χ3v) is 4.49. The van der Waals surface area contributed by atoms with E-state index in [1.54, 1.807) is 18.2 Å². The molecule has 0 unspecified atom stereocenters. The van der Waals surface area contributed by atoms with Crippen LogP contribution in [0.15, 0.2) is 18.2 Å². The van der Waals surface area contributed by atoms with Crippen LogP contribution in [0.25, 0.3) is 0 Å². The van der Waals surface area contributed by atoms with Crippen LogP contribution in [0.5, 0.6) is 0 Å². The lowest BCUT2D eigenvalue weighted by atomic mass is 9.98. The maximum Gasteiger partial charge on any atom is 0.224 e. The van der Waals surface area contributed by atoms with Crippen LogP contribution in [-0.4, -0.2) is 17.4 Å². The van der Waals surface area contributed by atoms with Crippen molar-refractivity contribution >= 4 is 40.6 Å². The smallest absolute Gasteiger partial charge is 0.224 e. The Labute approximate surface area is 116 Å². The third kappa shape index (κ3) is 3.82. The Morgan fingerprint density at radius 3 is 2.83 bits per heavy atom. The molecule has 1 aromatic rings. The van der Waals surface area contributed by atoms with E-state index in [1.807, 2.05) is 11.8 Å². The van der Waals surface area contributed by atoms with Gasteiger partial charge in [-0.25, -0.2) is 0 Å². The number of hydrogen-bond donors (Lipinski definition) is 2.